The lowest BCUT2D eigenvalue weighted by atomic mass is 9.77. The highest BCUT2D eigenvalue weighted by atomic mass is 35.5. The van der Waals surface area contributed by atoms with Gasteiger partial charge in [0.25, 0.3) is 0 Å². The number of halogens is 1. The van der Waals surface area contributed by atoms with E-state index in [1.165, 1.54) is 0 Å². The van der Waals surface area contributed by atoms with Crippen molar-refractivity contribution in [2.75, 3.05) is 19.7 Å². The summed E-state index contributed by atoms with van der Waals surface area (Å²) in [6.07, 6.45) is 1.71. The maximum Gasteiger partial charge on any atom is 0.244 e. The van der Waals surface area contributed by atoms with Gasteiger partial charge in [0.1, 0.15) is 12.3 Å². The van der Waals surface area contributed by atoms with Crippen LogP contribution in [0.4, 0.5) is 0 Å². The fourth-order valence-corrected chi connectivity index (χ4v) is 4.14. The number of carbonyl (C=O) groups excluding carboxylic acids is 2. The molecule has 156 valence electrons. The van der Waals surface area contributed by atoms with Gasteiger partial charge in [0.15, 0.2) is 0 Å². The van der Waals surface area contributed by atoms with Crippen LogP contribution in [-0.2, 0) is 16.1 Å². The van der Waals surface area contributed by atoms with E-state index in [-0.39, 0.29) is 18.9 Å². The normalized spacial score (nSPS) is 19.2. The molecule has 2 aromatic rings. The van der Waals surface area contributed by atoms with Crippen LogP contribution in [0.5, 0.6) is 5.75 Å². The lowest BCUT2D eigenvalue weighted by Crippen LogP contribution is -2.51. The zero-order valence-electron chi connectivity index (χ0n) is 16.9. The fraction of sp³-hybridized carbons (Fsp3) is 0.476. The van der Waals surface area contributed by atoms with E-state index in [4.69, 9.17) is 22.1 Å². The Hall–Kier alpha value is -2.54. The number of primary amides is 1. The Morgan fingerprint density at radius 1 is 1.31 bits per heavy atom. The Bertz CT molecular complexity index is 898. The average molecular weight is 419 g/mol. The molecule has 1 fully saturated rings. The molecule has 2 heterocycles. The molecular formula is C21H27ClN4O3. The van der Waals surface area contributed by atoms with E-state index in [0.29, 0.717) is 30.5 Å². The molecule has 0 spiro atoms. The molecule has 0 bridgehead atoms. The largest absolute Gasteiger partial charge is 0.493 e. The van der Waals surface area contributed by atoms with Gasteiger partial charge in [-0.2, -0.15) is 5.10 Å². The minimum atomic E-state index is -0.517. The third kappa shape index (κ3) is 5.50. The summed E-state index contributed by atoms with van der Waals surface area (Å²) in [6.45, 7) is 5.38. The minimum absolute atomic E-state index is 0.0208. The first kappa shape index (κ1) is 21.2. The van der Waals surface area contributed by atoms with E-state index in [1.54, 1.807) is 21.7 Å². The Morgan fingerprint density at radius 2 is 2.10 bits per heavy atom. The summed E-state index contributed by atoms with van der Waals surface area (Å²) in [5.74, 6) is 0.215. The number of hydrogen-bond donors (Lipinski definition) is 1. The molecule has 0 unspecified atom stereocenters. The number of piperidine rings is 1. The van der Waals surface area contributed by atoms with Crippen molar-refractivity contribution in [2.24, 2.45) is 11.1 Å². The number of benzene rings is 1. The topological polar surface area (TPSA) is 90.5 Å². The molecule has 1 aromatic carbocycles. The van der Waals surface area contributed by atoms with Crippen LogP contribution in [0.3, 0.4) is 0 Å². The standard InChI is InChI=1S/C21H27ClN4O3/c1-15-9-16(2)26(24-15)12-20(28)25-8-4-7-21(13-25,11-19(23)27)14-29-18-6-3-5-17(22)10-18/h3,5-6,9-10H,4,7-8,11-14H2,1-2H3,(H2,23,27)/t21-/m1/s1. The lowest BCUT2D eigenvalue weighted by Gasteiger charge is -2.42. The highest BCUT2D eigenvalue weighted by Crippen LogP contribution is 2.35. The van der Waals surface area contributed by atoms with Crippen LogP contribution in [-0.4, -0.2) is 46.2 Å². The first-order chi connectivity index (χ1) is 13.8. The average Bonchev–Trinajstić information content (AvgIpc) is 2.97. The fourth-order valence-electron chi connectivity index (χ4n) is 3.96. The molecule has 0 aliphatic carbocycles. The summed E-state index contributed by atoms with van der Waals surface area (Å²) in [6, 6.07) is 9.07. The molecule has 8 heteroatoms. The van der Waals surface area contributed by atoms with Crippen molar-refractivity contribution in [3.63, 3.8) is 0 Å². The number of rotatable bonds is 7. The van der Waals surface area contributed by atoms with Gasteiger partial charge in [-0.25, -0.2) is 0 Å². The molecule has 2 amide bonds. The Kier molecular flexibility index (Phi) is 6.47. The van der Waals surface area contributed by atoms with Crippen molar-refractivity contribution < 1.29 is 14.3 Å². The van der Waals surface area contributed by atoms with Gasteiger partial charge >= 0.3 is 0 Å². The number of nitrogens with two attached hydrogens (primary N) is 1. The minimum Gasteiger partial charge on any atom is -0.493 e. The quantitative estimate of drug-likeness (QED) is 0.748. The van der Waals surface area contributed by atoms with Crippen LogP contribution in [0, 0.1) is 19.3 Å². The highest BCUT2D eigenvalue weighted by molar-refractivity contribution is 6.30. The Balaban J connectivity index is 1.71. The van der Waals surface area contributed by atoms with Crippen LogP contribution in [0.2, 0.25) is 5.02 Å². The summed E-state index contributed by atoms with van der Waals surface area (Å²) in [5.41, 5.74) is 6.85. The van der Waals surface area contributed by atoms with Gasteiger partial charge in [-0.05, 0) is 51.0 Å². The van der Waals surface area contributed by atoms with Crippen LogP contribution < -0.4 is 10.5 Å². The number of amides is 2. The maximum atomic E-state index is 12.9. The summed E-state index contributed by atoms with van der Waals surface area (Å²) >= 11 is 6.03. The van der Waals surface area contributed by atoms with Gasteiger partial charge in [-0.15, -0.1) is 0 Å². The first-order valence-electron chi connectivity index (χ1n) is 9.72. The monoisotopic (exact) mass is 418 g/mol. The Morgan fingerprint density at radius 3 is 2.76 bits per heavy atom. The molecule has 29 heavy (non-hydrogen) atoms. The van der Waals surface area contributed by atoms with E-state index in [2.05, 4.69) is 5.10 Å². The van der Waals surface area contributed by atoms with Crippen LogP contribution in [0.25, 0.3) is 0 Å². The first-order valence-corrected chi connectivity index (χ1v) is 10.1. The molecule has 7 nitrogen and oxygen atoms in total. The summed E-state index contributed by atoms with van der Waals surface area (Å²) in [4.78, 5) is 26.5. The number of likely N-dealkylation sites (tertiary alicyclic amines) is 1. The summed E-state index contributed by atoms with van der Waals surface area (Å²) < 4.78 is 7.66. The van der Waals surface area contributed by atoms with Gasteiger partial charge < -0.3 is 15.4 Å². The molecule has 3 rings (SSSR count). The molecule has 0 saturated carbocycles. The third-order valence-electron chi connectivity index (χ3n) is 5.29. The smallest absolute Gasteiger partial charge is 0.244 e. The van der Waals surface area contributed by atoms with Gasteiger partial charge in [-0.1, -0.05) is 17.7 Å². The predicted octanol–water partition coefficient (Wildman–Crippen LogP) is 2.72. The summed E-state index contributed by atoms with van der Waals surface area (Å²) in [5, 5.41) is 4.95. The van der Waals surface area contributed by atoms with E-state index in [9.17, 15) is 9.59 Å². The Labute approximate surface area is 175 Å². The second kappa shape index (κ2) is 8.86. The molecule has 1 aromatic heterocycles. The van der Waals surface area contributed by atoms with Gasteiger partial charge in [0, 0.05) is 35.6 Å². The van der Waals surface area contributed by atoms with Crippen molar-refractivity contribution in [1.82, 2.24) is 14.7 Å². The number of ether oxygens (including phenoxy) is 1. The van der Waals surface area contributed by atoms with E-state index < -0.39 is 11.3 Å². The van der Waals surface area contributed by atoms with Crippen LogP contribution in [0.1, 0.15) is 30.7 Å². The van der Waals surface area contributed by atoms with Crippen molar-refractivity contribution in [2.45, 2.75) is 39.7 Å². The van der Waals surface area contributed by atoms with E-state index in [0.717, 1.165) is 24.2 Å². The molecule has 1 aliphatic rings. The zero-order chi connectivity index (χ0) is 21.0. The van der Waals surface area contributed by atoms with Crippen molar-refractivity contribution >= 4 is 23.4 Å². The molecule has 1 aliphatic heterocycles. The molecule has 1 atom stereocenters. The molecule has 1 saturated heterocycles. The van der Waals surface area contributed by atoms with Gasteiger partial charge in [0.2, 0.25) is 11.8 Å². The number of nitrogens with zero attached hydrogens (tertiary/aromatic N) is 3. The van der Waals surface area contributed by atoms with Crippen molar-refractivity contribution in [3.05, 3.63) is 46.7 Å². The van der Waals surface area contributed by atoms with E-state index >= 15 is 0 Å². The molecule has 0 radical (unpaired) electrons. The summed E-state index contributed by atoms with van der Waals surface area (Å²) in [7, 11) is 0. The highest BCUT2D eigenvalue weighted by Gasteiger charge is 2.39. The number of carbonyl (C=O) groups is 2. The van der Waals surface area contributed by atoms with Crippen LogP contribution in [0.15, 0.2) is 30.3 Å². The van der Waals surface area contributed by atoms with Crippen molar-refractivity contribution in [3.8, 4) is 5.75 Å². The van der Waals surface area contributed by atoms with Crippen molar-refractivity contribution in [1.29, 1.82) is 0 Å². The second-order valence-electron chi connectivity index (χ2n) is 7.89. The molecular weight excluding hydrogens is 392 g/mol. The second-order valence-corrected chi connectivity index (χ2v) is 8.33. The van der Waals surface area contributed by atoms with E-state index in [1.807, 2.05) is 32.0 Å². The predicted molar refractivity (Wildman–Crippen MR) is 111 cm³/mol. The number of aryl methyl sites for hydroxylation is 2. The van der Waals surface area contributed by atoms with Gasteiger partial charge in [-0.3, -0.25) is 14.3 Å². The number of aromatic nitrogens is 2. The van der Waals surface area contributed by atoms with Gasteiger partial charge in [0.05, 0.1) is 12.3 Å². The SMILES string of the molecule is Cc1cc(C)n(CC(=O)N2CCC[C@@](COc3cccc(Cl)c3)(CC(N)=O)C2)n1. The third-order valence-corrected chi connectivity index (χ3v) is 5.53. The van der Waals surface area contributed by atoms with Crippen LogP contribution >= 0.6 is 11.6 Å². The lowest BCUT2D eigenvalue weighted by molar-refractivity contribution is -0.138. The molecule has 2 N–H and O–H groups in total. The maximum absolute atomic E-state index is 12.9. The number of hydrogen-bond acceptors (Lipinski definition) is 4. The zero-order valence-corrected chi connectivity index (χ0v) is 17.6.